The molecule has 0 saturated heterocycles. The van der Waals surface area contributed by atoms with Crippen LogP contribution in [0, 0.1) is 22.1 Å². The van der Waals surface area contributed by atoms with Gasteiger partial charge in [0.1, 0.15) is 8.07 Å². The Morgan fingerprint density at radius 2 is 1.59 bits per heavy atom. The molecule has 1 heterocycles. The predicted octanol–water partition coefficient (Wildman–Crippen LogP) is 10.5. The van der Waals surface area contributed by atoms with Crippen LogP contribution >= 0.6 is 22.6 Å². The molecule has 0 saturated carbocycles. The van der Waals surface area contributed by atoms with E-state index in [0.717, 1.165) is 39.4 Å². The van der Waals surface area contributed by atoms with Crippen LogP contribution in [-0.2, 0) is 17.4 Å². The number of halogens is 1. The minimum atomic E-state index is -1.94. The highest BCUT2D eigenvalue weighted by Gasteiger charge is 2.40. The Morgan fingerprint density at radius 1 is 0.976 bits per heavy atom. The van der Waals surface area contributed by atoms with E-state index in [9.17, 15) is 4.79 Å². The van der Waals surface area contributed by atoms with E-state index < -0.39 is 16.4 Å². The predicted molar refractivity (Wildman–Crippen MR) is 192 cm³/mol. The lowest BCUT2D eigenvalue weighted by Gasteiger charge is -2.37. The van der Waals surface area contributed by atoms with Crippen molar-refractivity contribution < 1.29 is 4.43 Å². The van der Waals surface area contributed by atoms with E-state index in [1.165, 1.54) is 44.1 Å². The summed E-state index contributed by atoms with van der Waals surface area (Å²) in [6.07, 6.45) is 8.44. The van der Waals surface area contributed by atoms with E-state index in [4.69, 9.17) is 4.43 Å². The van der Waals surface area contributed by atoms with E-state index in [0.29, 0.717) is 6.54 Å². The maximum Gasteiger partial charge on any atom is 0.255 e. The van der Waals surface area contributed by atoms with Crippen LogP contribution in [0.5, 0.6) is 0 Å². The molecular weight excluding hydrogens is 649 g/mol. The second-order valence-electron chi connectivity index (χ2n) is 13.4. The summed E-state index contributed by atoms with van der Waals surface area (Å²) in [5, 5.41) is 0.218. The standard InChI is InChI=1S/C35H56INO2Si2/c1-10-13-14-15-16-20-25-40(8,9)39-32(27-30-22-18-17-19-23-30)31-28-33(36)37(34(38)29(31)4)24-21-26-41(11-2,12-3)35(5,6)7/h17-19,22-23,28,32H,10-16,20,24-25,27H2,1-9H3. The summed E-state index contributed by atoms with van der Waals surface area (Å²) in [6, 6.07) is 16.2. The Balaban J connectivity index is 2.37. The molecule has 6 heteroatoms. The monoisotopic (exact) mass is 705 g/mol. The molecule has 1 aromatic carbocycles. The summed E-state index contributed by atoms with van der Waals surface area (Å²) in [6.45, 7) is 21.0. The number of hydrogen-bond donors (Lipinski definition) is 0. The van der Waals surface area contributed by atoms with Gasteiger partial charge in [-0.25, -0.2) is 0 Å². The largest absolute Gasteiger partial charge is 0.410 e. The van der Waals surface area contributed by atoms with Crippen molar-refractivity contribution in [3.05, 3.63) is 67.1 Å². The first-order valence-electron chi connectivity index (χ1n) is 15.9. The van der Waals surface area contributed by atoms with Gasteiger partial charge in [0.25, 0.3) is 5.56 Å². The zero-order chi connectivity index (χ0) is 30.7. The zero-order valence-corrected chi connectivity index (χ0v) is 31.6. The van der Waals surface area contributed by atoms with Gasteiger partial charge < -0.3 is 4.43 Å². The number of benzene rings is 1. The Labute approximate surface area is 267 Å². The first-order chi connectivity index (χ1) is 19.3. The molecule has 0 radical (unpaired) electrons. The molecule has 1 atom stereocenters. The molecule has 0 aliphatic rings. The van der Waals surface area contributed by atoms with Gasteiger partial charge in [0.05, 0.1) is 16.3 Å². The van der Waals surface area contributed by atoms with Crippen LogP contribution in [0.4, 0.5) is 0 Å². The minimum absolute atomic E-state index is 0.0641. The van der Waals surface area contributed by atoms with Gasteiger partial charge in [0.15, 0.2) is 8.32 Å². The van der Waals surface area contributed by atoms with Crippen LogP contribution in [-0.4, -0.2) is 21.0 Å². The van der Waals surface area contributed by atoms with Gasteiger partial charge >= 0.3 is 0 Å². The first kappa shape index (κ1) is 36.0. The molecule has 2 aromatic rings. The van der Waals surface area contributed by atoms with Crippen LogP contribution in [0.2, 0.25) is 36.3 Å². The van der Waals surface area contributed by atoms with Gasteiger partial charge in [-0.3, -0.25) is 9.36 Å². The molecule has 0 N–H and O–H groups in total. The lowest BCUT2D eigenvalue weighted by molar-refractivity contribution is 0.193. The Hall–Kier alpha value is -1.15. The number of nitrogens with zero attached hydrogens (tertiary/aromatic N) is 1. The maximum atomic E-state index is 13.8. The average molecular weight is 706 g/mol. The molecule has 2 rings (SSSR count). The van der Waals surface area contributed by atoms with Crippen molar-refractivity contribution >= 4 is 39.0 Å². The topological polar surface area (TPSA) is 31.2 Å². The molecule has 0 bridgehead atoms. The maximum absolute atomic E-state index is 13.8. The zero-order valence-electron chi connectivity index (χ0n) is 27.5. The molecule has 41 heavy (non-hydrogen) atoms. The molecule has 0 spiro atoms. The Morgan fingerprint density at radius 3 is 2.17 bits per heavy atom. The highest BCUT2D eigenvalue weighted by Crippen LogP contribution is 2.40. The van der Waals surface area contributed by atoms with Crippen molar-refractivity contribution in [2.24, 2.45) is 0 Å². The van der Waals surface area contributed by atoms with Crippen LogP contribution in [0.3, 0.4) is 0 Å². The van der Waals surface area contributed by atoms with E-state index in [2.05, 4.69) is 125 Å². The van der Waals surface area contributed by atoms with Gasteiger partial charge in [-0.05, 0) is 83.0 Å². The van der Waals surface area contributed by atoms with Crippen molar-refractivity contribution in [1.29, 1.82) is 0 Å². The van der Waals surface area contributed by atoms with Crippen molar-refractivity contribution in [3.63, 3.8) is 0 Å². The van der Waals surface area contributed by atoms with Gasteiger partial charge in [0, 0.05) is 12.0 Å². The molecule has 228 valence electrons. The highest BCUT2D eigenvalue weighted by atomic mass is 127. The number of aromatic nitrogens is 1. The van der Waals surface area contributed by atoms with Gasteiger partial charge in [-0.15, -0.1) is 5.54 Å². The second-order valence-corrected chi connectivity index (χ2v) is 24.0. The third-order valence-corrected chi connectivity index (χ3v) is 18.3. The lowest BCUT2D eigenvalue weighted by atomic mass is 9.99. The summed E-state index contributed by atoms with van der Waals surface area (Å²) in [5.74, 6) is 3.47. The third-order valence-electron chi connectivity index (χ3n) is 8.94. The number of pyridine rings is 1. The van der Waals surface area contributed by atoms with Crippen LogP contribution in [0.25, 0.3) is 0 Å². The molecule has 1 unspecified atom stereocenters. The summed E-state index contributed by atoms with van der Waals surface area (Å²) in [5.41, 5.74) is 6.88. The van der Waals surface area contributed by atoms with Crippen LogP contribution < -0.4 is 5.56 Å². The molecule has 0 amide bonds. The molecule has 1 aromatic heterocycles. The summed E-state index contributed by atoms with van der Waals surface area (Å²) < 4.78 is 9.84. The van der Waals surface area contributed by atoms with Crippen molar-refractivity contribution in [3.8, 4) is 11.5 Å². The summed E-state index contributed by atoms with van der Waals surface area (Å²) in [7, 11) is -3.70. The van der Waals surface area contributed by atoms with Crippen molar-refractivity contribution in [2.45, 2.75) is 142 Å². The number of unbranched alkanes of at least 4 members (excludes halogenated alkanes) is 5. The quantitative estimate of drug-likeness (QED) is 0.0607. The second kappa shape index (κ2) is 16.6. The van der Waals surface area contributed by atoms with Crippen LogP contribution in [0.15, 0.2) is 41.2 Å². The fraction of sp³-hybridized carbons (Fsp3) is 0.629. The highest BCUT2D eigenvalue weighted by molar-refractivity contribution is 14.1. The van der Waals surface area contributed by atoms with Gasteiger partial charge in [-0.1, -0.05) is 116 Å². The Bertz CT molecular complexity index is 1200. The van der Waals surface area contributed by atoms with Crippen molar-refractivity contribution in [2.75, 3.05) is 0 Å². The molecular formula is C35H56INO2Si2. The summed E-state index contributed by atoms with van der Waals surface area (Å²) >= 11 is 2.33. The van der Waals surface area contributed by atoms with E-state index in [1.54, 1.807) is 0 Å². The fourth-order valence-electron chi connectivity index (χ4n) is 6.00. The molecule has 0 fully saturated rings. The average Bonchev–Trinajstić information content (AvgIpc) is 2.92. The number of hydrogen-bond acceptors (Lipinski definition) is 2. The van der Waals surface area contributed by atoms with E-state index >= 15 is 0 Å². The molecule has 3 nitrogen and oxygen atoms in total. The first-order valence-corrected chi connectivity index (χ1v) is 22.5. The van der Waals surface area contributed by atoms with Gasteiger partial charge in [0.2, 0.25) is 0 Å². The molecule has 0 aliphatic carbocycles. The third kappa shape index (κ3) is 10.5. The van der Waals surface area contributed by atoms with Gasteiger partial charge in [-0.2, -0.15) is 0 Å². The van der Waals surface area contributed by atoms with E-state index in [-0.39, 0.29) is 16.7 Å². The minimum Gasteiger partial charge on any atom is -0.410 e. The SMILES string of the molecule is CCCCCCCC[Si](C)(C)OC(Cc1ccccc1)c1cc(I)n(CC#C[Si](CC)(CC)C(C)(C)C)c(=O)c1C. The number of rotatable bonds is 15. The lowest BCUT2D eigenvalue weighted by Crippen LogP contribution is -2.41. The molecule has 0 aliphatic heterocycles. The van der Waals surface area contributed by atoms with E-state index in [1.807, 2.05) is 11.5 Å². The Kier molecular flexibility index (Phi) is 14.6. The normalized spacial score (nSPS) is 13.1. The summed E-state index contributed by atoms with van der Waals surface area (Å²) in [4.78, 5) is 13.8. The van der Waals surface area contributed by atoms with Crippen molar-refractivity contribution in [1.82, 2.24) is 4.57 Å². The smallest absolute Gasteiger partial charge is 0.255 e. The van der Waals surface area contributed by atoms with Crippen LogP contribution in [0.1, 0.15) is 103 Å². The fourth-order valence-corrected chi connectivity index (χ4v) is 12.7.